The van der Waals surface area contributed by atoms with Crippen LogP contribution >= 0.6 is 0 Å². The molecule has 0 bridgehead atoms. The van der Waals surface area contributed by atoms with Gasteiger partial charge in [-0.2, -0.15) is 0 Å². The number of hydrogen-bond acceptors (Lipinski definition) is 5. The Morgan fingerprint density at radius 1 is 1.12 bits per heavy atom. The van der Waals surface area contributed by atoms with Gasteiger partial charge < -0.3 is 20.1 Å². The monoisotopic (exact) mass is 343 g/mol. The summed E-state index contributed by atoms with van der Waals surface area (Å²) < 4.78 is 10.6. The maximum absolute atomic E-state index is 12.0. The fraction of sp³-hybridized carbons (Fsp3) is 0.368. The molecular weight excluding hydrogens is 318 g/mol. The summed E-state index contributed by atoms with van der Waals surface area (Å²) in [6, 6.07) is 9.41. The topological polar surface area (TPSA) is 72.5 Å². The third-order valence-corrected chi connectivity index (χ3v) is 3.61. The summed E-state index contributed by atoms with van der Waals surface area (Å²) in [5.41, 5.74) is 1.72. The minimum atomic E-state index is -0.0969. The molecule has 0 spiro atoms. The van der Waals surface area contributed by atoms with Crippen molar-refractivity contribution in [2.75, 3.05) is 26.1 Å². The molecule has 6 nitrogen and oxygen atoms in total. The number of amides is 1. The first kappa shape index (κ1) is 18.6. The van der Waals surface area contributed by atoms with Crippen LogP contribution in [0.15, 0.2) is 36.5 Å². The third kappa shape index (κ3) is 5.38. The normalized spacial score (nSPS) is 10.4. The van der Waals surface area contributed by atoms with Crippen molar-refractivity contribution >= 4 is 11.7 Å². The van der Waals surface area contributed by atoms with Gasteiger partial charge in [0.2, 0.25) is 0 Å². The van der Waals surface area contributed by atoms with Crippen molar-refractivity contribution in [1.29, 1.82) is 0 Å². The number of benzene rings is 1. The molecule has 6 heteroatoms. The van der Waals surface area contributed by atoms with Crippen molar-refractivity contribution in [2.45, 2.75) is 26.3 Å². The number of anilines is 1. The molecular formula is C19H25N3O3. The van der Waals surface area contributed by atoms with E-state index >= 15 is 0 Å². The predicted octanol–water partition coefficient (Wildman–Crippen LogP) is 2.89. The second kappa shape index (κ2) is 8.92. The molecule has 0 saturated carbocycles. The first-order valence-electron chi connectivity index (χ1n) is 8.25. The highest BCUT2D eigenvalue weighted by Gasteiger charge is 2.08. The maximum Gasteiger partial charge on any atom is 0.251 e. The van der Waals surface area contributed by atoms with Crippen LogP contribution in [0, 0.1) is 0 Å². The number of methoxy groups -OCH3 is 2. The highest BCUT2D eigenvalue weighted by atomic mass is 16.5. The molecule has 0 unspecified atom stereocenters. The Labute approximate surface area is 148 Å². The van der Waals surface area contributed by atoms with Crippen LogP contribution in [0.25, 0.3) is 0 Å². The molecule has 0 aliphatic rings. The van der Waals surface area contributed by atoms with E-state index in [0.717, 1.165) is 12.0 Å². The molecule has 1 heterocycles. The predicted molar refractivity (Wildman–Crippen MR) is 98.6 cm³/mol. The molecule has 2 rings (SSSR count). The smallest absolute Gasteiger partial charge is 0.251 e. The maximum atomic E-state index is 12.0. The number of carbonyl (C=O) groups is 1. The average Bonchev–Trinajstić information content (AvgIpc) is 2.61. The van der Waals surface area contributed by atoms with E-state index < -0.39 is 0 Å². The van der Waals surface area contributed by atoms with E-state index in [1.54, 1.807) is 32.5 Å². The zero-order valence-electron chi connectivity index (χ0n) is 15.1. The van der Waals surface area contributed by atoms with Crippen molar-refractivity contribution in [3.63, 3.8) is 0 Å². The minimum Gasteiger partial charge on any atom is -0.493 e. The molecule has 0 atom stereocenters. The van der Waals surface area contributed by atoms with Gasteiger partial charge >= 0.3 is 0 Å². The third-order valence-electron chi connectivity index (χ3n) is 3.61. The summed E-state index contributed by atoms with van der Waals surface area (Å²) in [6.45, 7) is 4.56. The molecule has 0 aliphatic carbocycles. The average molecular weight is 343 g/mol. The van der Waals surface area contributed by atoms with Gasteiger partial charge in [-0.15, -0.1) is 0 Å². The van der Waals surface area contributed by atoms with Crippen LogP contribution in [0.5, 0.6) is 11.5 Å². The molecule has 1 aromatic heterocycles. The second-order valence-corrected chi connectivity index (χ2v) is 5.92. The van der Waals surface area contributed by atoms with E-state index in [9.17, 15) is 4.79 Å². The molecule has 1 amide bonds. The first-order valence-corrected chi connectivity index (χ1v) is 8.25. The van der Waals surface area contributed by atoms with Gasteiger partial charge in [0.1, 0.15) is 5.82 Å². The van der Waals surface area contributed by atoms with Gasteiger partial charge in [0.15, 0.2) is 11.5 Å². The molecule has 1 aromatic carbocycles. The molecule has 0 saturated heterocycles. The number of rotatable bonds is 8. The van der Waals surface area contributed by atoms with Crippen LogP contribution in [0.1, 0.15) is 29.8 Å². The SMILES string of the molecule is COc1ccc(CCNc2cc(C(=O)NC(C)C)ccn2)cc1OC. The number of aromatic nitrogens is 1. The van der Waals surface area contributed by atoms with Crippen molar-refractivity contribution in [3.8, 4) is 11.5 Å². The molecule has 0 aliphatic heterocycles. The van der Waals surface area contributed by atoms with Gasteiger partial charge in [-0.05, 0) is 50.1 Å². The number of carbonyl (C=O) groups excluding carboxylic acids is 1. The van der Waals surface area contributed by atoms with Crippen LogP contribution in [-0.2, 0) is 6.42 Å². The van der Waals surface area contributed by atoms with Crippen molar-refractivity contribution in [2.24, 2.45) is 0 Å². The Kier molecular flexibility index (Phi) is 6.62. The first-order chi connectivity index (χ1) is 12.0. The Morgan fingerprint density at radius 3 is 2.56 bits per heavy atom. The van der Waals surface area contributed by atoms with Gasteiger partial charge in [-0.25, -0.2) is 4.98 Å². The lowest BCUT2D eigenvalue weighted by molar-refractivity contribution is 0.0943. The lowest BCUT2D eigenvalue weighted by Gasteiger charge is -2.11. The van der Waals surface area contributed by atoms with E-state index in [1.165, 1.54) is 0 Å². The standard InChI is InChI=1S/C19H25N3O3/c1-13(2)22-19(23)15-8-10-21-18(12-15)20-9-7-14-5-6-16(24-3)17(11-14)25-4/h5-6,8,10-13H,7,9H2,1-4H3,(H,20,21)(H,22,23). The minimum absolute atomic E-state index is 0.0969. The van der Waals surface area contributed by atoms with Gasteiger partial charge in [0, 0.05) is 24.3 Å². The zero-order valence-corrected chi connectivity index (χ0v) is 15.1. The van der Waals surface area contributed by atoms with Crippen LogP contribution in [0.3, 0.4) is 0 Å². The summed E-state index contributed by atoms with van der Waals surface area (Å²) >= 11 is 0. The van der Waals surface area contributed by atoms with Crippen LogP contribution in [-0.4, -0.2) is 37.7 Å². The van der Waals surface area contributed by atoms with Crippen LogP contribution < -0.4 is 20.1 Å². The zero-order chi connectivity index (χ0) is 18.2. The number of ether oxygens (including phenoxy) is 2. The number of hydrogen-bond donors (Lipinski definition) is 2. The van der Waals surface area contributed by atoms with E-state index in [2.05, 4.69) is 15.6 Å². The largest absolute Gasteiger partial charge is 0.493 e. The summed E-state index contributed by atoms with van der Waals surface area (Å²) in [5, 5.41) is 6.12. The number of pyridine rings is 1. The van der Waals surface area contributed by atoms with Crippen LogP contribution in [0.4, 0.5) is 5.82 Å². The van der Waals surface area contributed by atoms with Gasteiger partial charge in [0.05, 0.1) is 14.2 Å². The molecule has 25 heavy (non-hydrogen) atoms. The molecule has 2 N–H and O–H groups in total. The molecule has 0 radical (unpaired) electrons. The molecule has 134 valence electrons. The fourth-order valence-corrected chi connectivity index (χ4v) is 2.39. The van der Waals surface area contributed by atoms with E-state index in [4.69, 9.17) is 9.47 Å². The highest BCUT2D eigenvalue weighted by molar-refractivity contribution is 5.94. The Hall–Kier alpha value is -2.76. The summed E-state index contributed by atoms with van der Waals surface area (Å²) in [5.74, 6) is 2.01. The van der Waals surface area contributed by atoms with Crippen molar-refractivity contribution in [1.82, 2.24) is 10.3 Å². The lowest BCUT2D eigenvalue weighted by atomic mass is 10.1. The molecule has 2 aromatic rings. The summed E-state index contributed by atoms with van der Waals surface area (Å²) in [4.78, 5) is 16.3. The van der Waals surface area contributed by atoms with Gasteiger partial charge in [-0.1, -0.05) is 6.07 Å². The van der Waals surface area contributed by atoms with E-state index in [0.29, 0.717) is 29.4 Å². The summed E-state index contributed by atoms with van der Waals surface area (Å²) in [7, 11) is 3.24. The van der Waals surface area contributed by atoms with Gasteiger partial charge in [0.25, 0.3) is 5.91 Å². The quantitative estimate of drug-likeness (QED) is 0.771. The van der Waals surface area contributed by atoms with Crippen molar-refractivity contribution in [3.05, 3.63) is 47.7 Å². The summed E-state index contributed by atoms with van der Waals surface area (Å²) in [6.07, 6.45) is 2.43. The van der Waals surface area contributed by atoms with Gasteiger partial charge in [-0.3, -0.25) is 4.79 Å². The molecule has 0 fully saturated rings. The van der Waals surface area contributed by atoms with E-state index in [-0.39, 0.29) is 11.9 Å². The number of nitrogens with one attached hydrogen (secondary N) is 2. The Balaban J connectivity index is 1.95. The van der Waals surface area contributed by atoms with Crippen LogP contribution in [0.2, 0.25) is 0 Å². The Morgan fingerprint density at radius 2 is 1.88 bits per heavy atom. The fourth-order valence-electron chi connectivity index (χ4n) is 2.39. The number of nitrogens with zero attached hydrogens (tertiary/aromatic N) is 1. The Bertz CT molecular complexity index is 717. The van der Waals surface area contributed by atoms with E-state index in [1.807, 2.05) is 32.0 Å². The van der Waals surface area contributed by atoms with Crippen molar-refractivity contribution < 1.29 is 14.3 Å². The lowest BCUT2D eigenvalue weighted by Crippen LogP contribution is -2.30. The highest BCUT2D eigenvalue weighted by Crippen LogP contribution is 2.27. The second-order valence-electron chi connectivity index (χ2n) is 5.92.